The summed E-state index contributed by atoms with van der Waals surface area (Å²) < 4.78 is 5.87. The predicted octanol–water partition coefficient (Wildman–Crippen LogP) is 4.35. The molecule has 0 aliphatic carbocycles. The maximum Gasteiger partial charge on any atom is 0.124 e. The highest BCUT2D eigenvalue weighted by molar-refractivity contribution is 5.41. The van der Waals surface area contributed by atoms with Crippen molar-refractivity contribution in [3.05, 3.63) is 59.7 Å². The van der Waals surface area contributed by atoms with Crippen LogP contribution in [0.2, 0.25) is 0 Å². The molecule has 0 bridgehead atoms. The van der Waals surface area contributed by atoms with Crippen LogP contribution in [0.15, 0.2) is 48.5 Å². The molecule has 0 radical (unpaired) electrons. The number of phenols is 1. The summed E-state index contributed by atoms with van der Waals surface area (Å²) in [5, 5.41) is 14.2. The van der Waals surface area contributed by atoms with Gasteiger partial charge in [-0.15, -0.1) is 0 Å². The molecule has 27 heavy (non-hydrogen) atoms. The number of piperazine rings is 1. The zero-order valence-electron chi connectivity index (χ0n) is 16.5. The van der Waals surface area contributed by atoms with E-state index in [1.54, 1.807) is 6.07 Å². The van der Waals surface area contributed by atoms with Crippen molar-refractivity contribution in [2.75, 3.05) is 26.2 Å². The predicted molar refractivity (Wildman–Crippen MR) is 110 cm³/mol. The molecule has 4 heteroatoms. The molecule has 3 rings (SSSR count). The van der Waals surface area contributed by atoms with Gasteiger partial charge >= 0.3 is 0 Å². The van der Waals surface area contributed by atoms with Crippen LogP contribution in [0.3, 0.4) is 0 Å². The van der Waals surface area contributed by atoms with E-state index in [-0.39, 0.29) is 6.04 Å². The SMILES string of the molecule is CC(C)CC[C@@H](c1ccc(OCc2ccccc2)cc1O)N1CCNCC1. The number of phenolic OH excluding ortho intramolecular Hbond substituents is 1. The first-order chi connectivity index (χ1) is 13.1. The molecule has 1 aliphatic rings. The number of nitrogens with zero attached hydrogens (tertiary/aromatic N) is 1. The average Bonchev–Trinajstić information content (AvgIpc) is 2.69. The molecule has 146 valence electrons. The topological polar surface area (TPSA) is 44.7 Å². The first-order valence-electron chi connectivity index (χ1n) is 10.1. The second kappa shape index (κ2) is 9.77. The minimum absolute atomic E-state index is 0.262. The maximum atomic E-state index is 10.7. The molecule has 1 heterocycles. The Morgan fingerprint density at radius 1 is 1.04 bits per heavy atom. The molecule has 4 nitrogen and oxygen atoms in total. The Morgan fingerprint density at radius 2 is 1.78 bits per heavy atom. The second-order valence-electron chi connectivity index (χ2n) is 7.77. The van der Waals surface area contributed by atoms with Crippen LogP contribution in [0.25, 0.3) is 0 Å². The van der Waals surface area contributed by atoms with Crippen molar-refractivity contribution in [3.63, 3.8) is 0 Å². The lowest BCUT2D eigenvalue weighted by molar-refractivity contribution is 0.157. The molecular weight excluding hydrogens is 336 g/mol. The van der Waals surface area contributed by atoms with E-state index >= 15 is 0 Å². The van der Waals surface area contributed by atoms with E-state index < -0.39 is 0 Å². The van der Waals surface area contributed by atoms with Gasteiger partial charge in [0.1, 0.15) is 18.1 Å². The van der Waals surface area contributed by atoms with Gasteiger partial charge in [-0.1, -0.05) is 50.2 Å². The Morgan fingerprint density at radius 3 is 2.44 bits per heavy atom. The van der Waals surface area contributed by atoms with Crippen molar-refractivity contribution in [3.8, 4) is 11.5 Å². The quantitative estimate of drug-likeness (QED) is 0.727. The Hall–Kier alpha value is -2.04. The van der Waals surface area contributed by atoms with Gasteiger partial charge < -0.3 is 15.2 Å². The molecule has 1 atom stereocenters. The van der Waals surface area contributed by atoms with E-state index in [9.17, 15) is 5.11 Å². The van der Waals surface area contributed by atoms with Crippen molar-refractivity contribution >= 4 is 0 Å². The lowest BCUT2D eigenvalue weighted by atomic mass is 9.95. The summed E-state index contributed by atoms with van der Waals surface area (Å²) in [7, 11) is 0. The third-order valence-corrected chi connectivity index (χ3v) is 5.22. The number of hydrogen-bond donors (Lipinski definition) is 2. The summed E-state index contributed by atoms with van der Waals surface area (Å²) in [6.07, 6.45) is 2.22. The summed E-state index contributed by atoms with van der Waals surface area (Å²) in [5.41, 5.74) is 2.14. The van der Waals surface area contributed by atoms with E-state index in [0.29, 0.717) is 24.0 Å². The van der Waals surface area contributed by atoms with Crippen molar-refractivity contribution in [1.82, 2.24) is 10.2 Å². The normalized spacial score (nSPS) is 16.4. The number of hydrogen-bond acceptors (Lipinski definition) is 4. The zero-order valence-corrected chi connectivity index (χ0v) is 16.5. The summed E-state index contributed by atoms with van der Waals surface area (Å²) >= 11 is 0. The molecule has 0 aromatic heterocycles. The molecule has 2 N–H and O–H groups in total. The number of benzene rings is 2. The van der Waals surface area contributed by atoms with Crippen molar-refractivity contribution in [2.24, 2.45) is 5.92 Å². The maximum absolute atomic E-state index is 10.7. The largest absolute Gasteiger partial charge is 0.507 e. The van der Waals surface area contributed by atoms with Crippen LogP contribution in [0.1, 0.15) is 43.9 Å². The highest BCUT2D eigenvalue weighted by atomic mass is 16.5. The monoisotopic (exact) mass is 368 g/mol. The van der Waals surface area contributed by atoms with Gasteiger partial charge in [-0.2, -0.15) is 0 Å². The molecule has 1 fully saturated rings. The molecular formula is C23H32N2O2. The van der Waals surface area contributed by atoms with Crippen molar-refractivity contribution < 1.29 is 9.84 Å². The molecule has 0 saturated carbocycles. The van der Waals surface area contributed by atoms with Gasteiger partial charge in [0.25, 0.3) is 0 Å². The molecule has 2 aromatic rings. The molecule has 0 unspecified atom stereocenters. The fourth-order valence-corrected chi connectivity index (χ4v) is 3.66. The first-order valence-corrected chi connectivity index (χ1v) is 10.1. The summed E-state index contributed by atoms with van der Waals surface area (Å²) in [5.74, 6) is 1.71. The third-order valence-electron chi connectivity index (χ3n) is 5.22. The van der Waals surface area contributed by atoms with Crippen LogP contribution in [0.5, 0.6) is 11.5 Å². The van der Waals surface area contributed by atoms with Crippen LogP contribution in [0.4, 0.5) is 0 Å². The minimum Gasteiger partial charge on any atom is -0.507 e. The molecule has 2 aromatic carbocycles. The fraction of sp³-hybridized carbons (Fsp3) is 0.478. The standard InChI is InChI=1S/C23H32N2O2/c1-18(2)8-11-22(25-14-12-24-13-15-25)21-10-9-20(16-23(21)26)27-17-19-6-4-3-5-7-19/h3-7,9-10,16,18,22,24,26H,8,11-15,17H2,1-2H3/t22-/m0/s1. The number of rotatable bonds is 8. The summed E-state index contributed by atoms with van der Waals surface area (Å²) in [6.45, 7) is 9.09. The zero-order chi connectivity index (χ0) is 19.1. The van der Waals surface area contributed by atoms with E-state index in [1.807, 2.05) is 42.5 Å². The van der Waals surface area contributed by atoms with Gasteiger partial charge in [0, 0.05) is 43.9 Å². The summed E-state index contributed by atoms with van der Waals surface area (Å²) in [6, 6.07) is 16.2. The number of aromatic hydroxyl groups is 1. The minimum atomic E-state index is 0.262. The summed E-state index contributed by atoms with van der Waals surface area (Å²) in [4.78, 5) is 2.50. The van der Waals surface area contributed by atoms with E-state index in [2.05, 4.69) is 24.1 Å². The van der Waals surface area contributed by atoms with Gasteiger partial charge in [0.15, 0.2) is 0 Å². The first kappa shape index (κ1) is 19.7. The van der Waals surface area contributed by atoms with E-state index in [1.165, 1.54) is 0 Å². The fourth-order valence-electron chi connectivity index (χ4n) is 3.66. The van der Waals surface area contributed by atoms with Crippen molar-refractivity contribution in [1.29, 1.82) is 0 Å². The smallest absolute Gasteiger partial charge is 0.124 e. The Labute approximate surface area is 163 Å². The third kappa shape index (κ3) is 5.72. The second-order valence-corrected chi connectivity index (χ2v) is 7.77. The Kier molecular flexibility index (Phi) is 7.13. The van der Waals surface area contributed by atoms with Gasteiger partial charge in [-0.3, -0.25) is 4.90 Å². The van der Waals surface area contributed by atoms with Gasteiger partial charge in [0.05, 0.1) is 0 Å². The molecule has 0 spiro atoms. The van der Waals surface area contributed by atoms with Crippen LogP contribution in [-0.4, -0.2) is 36.2 Å². The van der Waals surface area contributed by atoms with Gasteiger partial charge in [-0.05, 0) is 30.4 Å². The Bertz CT molecular complexity index is 697. The van der Waals surface area contributed by atoms with E-state index in [0.717, 1.165) is 50.1 Å². The highest BCUT2D eigenvalue weighted by Gasteiger charge is 2.24. The van der Waals surface area contributed by atoms with Gasteiger partial charge in [-0.25, -0.2) is 0 Å². The molecule has 0 amide bonds. The lowest BCUT2D eigenvalue weighted by Gasteiger charge is -2.36. The van der Waals surface area contributed by atoms with Crippen LogP contribution in [0, 0.1) is 5.92 Å². The number of nitrogens with one attached hydrogen (secondary N) is 1. The van der Waals surface area contributed by atoms with Crippen LogP contribution < -0.4 is 10.1 Å². The average molecular weight is 369 g/mol. The lowest BCUT2D eigenvalue weighted by Crippen LogP contribution is -2.45. The van der Waals surface area contributed by atoms with Gasteiger partial charge in [0.2, 0.25) is 0 Å². The van der Waals surface area contributed by atoms with E-state index in [4.69, 9.17) is 4.74 Å². The molecule has 1 saturated heterocycles. The number of ether oxygens (including phenoxy) is 1. The molecule has 1 aliphatic heterocycles. The highest BCUT2D eigenvalue weighted by Crippen LogP contribution is 2.35. The Balaban J connectivity index is 1.71. The van der Waals surface area contributed by atoms with Crippen molar-refractivity contribution in [2.45, 2.75) is 39.3 Å². The van der Waals surface area contributed by atoms with Crippen LogP contribution in [-0.2, 0) is 6.61 Å². The van der Waals surface area contributed by atoms with Crippen LogP contribution >= 0.6 is 0 Å².